The lowest BCUT2D eigenvalue weighted by Crippen LogP contribution is -2.38. The number of hydrogen-bond acceptors (Lipinski definition) is 7. The molecule has 0 saturated carbocycles. The van der Waals surface area contributed by atoms with E-state index in [4.69, 9.17) is 9.26 Å². The number of hydrogen-bond donors (Lipinski definition) is 1. The topological polar surface area (TPSA) is 90.1 Å². The highest BCUT2D eigenvalue weighted by molar-refractivity contribution is 7.14. The Labute approximate surface area is 170 Å². The van der Waals surface area contributed by atoms with Gasteiger partial charge in [0.25, 0.3) is 5.91 Å². The van der Waals surface area contributed by atoms with Crippen molar-refractivity contribution >= 4 is 29.4 Å². The molecule has 1 amide bonds. The number of halogens is 1. The maximum absolute atomic E-state index is 13.1. The van der Waals surface area contributed by atoms with Crippen LogP contribution in [0.2, 0.25) is 0 Å². The van der Waals surface area contributed by atoms with E-state index in [-0.39, 0.29) is 11.9 Å². The summed E-state index contributed by atoms with van der Waals surface area (Å²) in [5, 5.41) is 7.73. The van der Waals surface area contributed by atoms with Gasteiger partial charge in [-0.1, -0.05) is 5.16 Å². The second kappa shape index (κ2) is 8.62. The average Bonchev–Trinajstić information content (AvgIpc) is 3.35. The summed E-state index contributed by atoms with van der Waals surface area (Å²) in [7, 11) is 0. The summed E-state index contributed by atoms with van der Waals surface area (Å²) in [6, 6.07) is 3.01. The third-order valence-corrected chi connectivity index (χ3v) is 5.54. The number of amides is 1. The smallest absolute Gasteiger partial charge is 0.263 e. The van der Waals surface area contributed by atoms with Crippen molar-refractivity contribution in [1.29, 1.82) is 0 Å². The maximum Gasteiger partial charge on any atom is 0.263 e. The molecule has 1 N–H and O–H groups in total. The second-order valence-corrected chi connectivity index (χ2v) is 7.68. The largest absolute Gasteiger partial charge is 0.381 e. The Balaban J connectivity index is 1.48. The summed E-state index contributed by atoms with van der Waals surface area (Å²) < 4.78 is 23.7. The van der Waals surface area contributed by atoms with Crippen LogP contribution in [0.5, 0.6) is 0 Å². The number of carbonyl (C=O) groups excluding carboxylic acids is 1. The molecule has 0 bridgehead atoms. The molecule has 0 radical (unpaired) electrons. The van der Waals surface area contributed by atoms with E-state index < -0.39 is 5.82 Å². The van der Waals surface area contributed by atoms with Gasteiger partial charge in [-0.05, 0) is 44.1 Å². The van der Waals surface area contributed by atoms with Gasteiger partial charge in [-0.25, -0.2) is 9.37 Å². The van der Waals surface area contributed by atoms with Crippen LogP contribution in [0.15, 0.2) is 29.0 Å². The maximum atomic E-state index is 13.1. The average molecular weight is 414 g/mol. The van der Waals surface area contributed by atoms with Crippen molar-refractivity contribution in [3.63, 3.8) is 0 Å². The number of aromatic nitrogens is 3. The predicted octanol–water partition coefficient (Wildman–Crippen LogP) is 3.72. The summed E-state index contributed by atoms with van der Waals surface area (Å²) >= 11 is 1.30. The van der Waals surface area contributed by atoms with Gasteiger partial charge in [-0.2, -0.15) is 0 Å². The van der Waals surface area contributed by atoms with E-state index >= 15 is 0 Å². The summed E-state index contributed by atoms with van der Waals surface area (Å²) in [4.78, 5) is 21.3. The number of pyridine rings is 1. The van der Waals surface area contributed by atoms with Crippen LogP contribution in [-0.2, 0) is 4.74 Å². The van der Waals surface area contributed by atoms with E-state index in [1.807, 2.05) is 6.08 Å². The van der Waals surface area contributed by atoms with E-state index in [2.05, 4.69) is 20.4 Å². The molecule has 4 rings (SSSR count). The molecule has 3 aromatic heterocycles. The van der Waals surface area contributed by atoms with Crippen LogP contribution in [-0.4, -0.2) is 40.3 Å². The first-order valence-corrected chi connectivity index (χ1v) is 10.0. The lowest BCUT2D eigenvalue weighted by atomic mass is 10.1. The molecule has 1 aliphatic rings. The van der Waals surface area contributed by atoms with Crippen LogP contribution in [0.3, 0.4) is 0 Å². The molecular weight excluding hydrogens is 395 g/mol. The van der Waals surface area contributed by atoms with Gasteiger partial charge in [0.05, 0.1) is 18.1 Å². The molecule has 0 aromatic carbocycles. The highest BCUT2D eigenvalue weighted by Gasteiger charge is 2.18. The molecule has 7 nitrogen and oxygen atoms in total. The Morgan fingerprint density at radius 2 is 2.07 bits per heavy atom. The van der Waals surface area contributed by atoms with Crippen LogP contribution in [0.1, 0.15) is 38.8 Å². The van der Waals surface area contributed by atoms with Crippen LogP contribution in [0, 0.1) is 12.7 Å². The van der Waals surface area contributed by atoms with Crippen LogP contribution >= 0.6 is 11.3 Å². The summed E-state index contributed by atoms with van der Waals surface area (Å²) in [6.45, 7) is 3.13. The zero-order chi connectivity index (χ0) is 20.2. The minimum absolute atomic E-state index is 0.119. The van der Waals surface area contributed by atoms with Gasteiger partial charge in [0, 0.05) is 24.8 Å². The Kier molecular flexibility index (Phi) is 5.77. The molecule has 1 aliphatic heterocycles. The zero-order valence-electron chi connectivity index (χ0n) is 15.7. The van der Waals surface area contributed by atoms with Gasteiger partial charge in [-0.15, -0.1) is 11.3 Å². The molecule has 0 atom stereocenters. The summed E-state index contributed by atoms with van der Waals surface area (Å²) in [5.41, 5.74) is 1.76. The Morgan fingerprint density at radius 1 is 1.24 bits per heavy atom. The number of aryl methyl sites for hydroxylation is 1. The Hall–Kier alpha value is -2.91. The van der Waals surface area contributed by atoms with Crippen molar-refractivity contribution in [2.24, 2.45) is 0 Å². The van der Waals surface area contributed by atoms with Crippen molar-refractivity contribution in [3.8, 4) is 11.4 Å². The van der Waals surface area contributed by atoms with E-state index in [1.54, 1.807) is 25.3 Å². The third kappa shape index (κ3) is 4.57. The Bertz CT molecular complexity index is 1020. The van der Waals surface area contributed by atoms with Crippen molar-refractivity contribution in [2.45, 2.75) is 25.8 Å². The number of thiazole rings is 1. The van der Waals surface area contributed by atoms with Crippen molar-refractivity contribution < 1.29 is 18.4 Å². The SMILES string of the molecule is Cc1onc(-c2ccc(F)cn2)c1/C=C/c1ncc(C(=O)NC2CCOCC2)s1. The second-order valence-electron chi connectivity index (χ2n) is 6.62. The quantitative estimate of drug-likeness (QED) is 0.684. The Morgan fingerprint density at radius 3 is 2.83 bits per heavy atom. The van der Waals surface area contributed by atoms with Crippen molar-refractivity contribution in [3.05, 3.63) is 51.6 Å². The highest BCUT2D eigenvalue weighted by atomic mass is 32.1. The van der Waals surface area contributed by atoms with Gasteiger partial charge in [0.1, 0.15) is 27.2 Å². The number of rotatable bonds is 5. The molecule has 1 fully saturated rings. The van der Waals surface area contributed by atoms with Crippen molar-refractivity contribution in [2.75, 3.05) is 13.2 Å². The summed E-state index contributed by atoms with van der Waals surface area (Å²) in [5.74, 6) is 0.0724. The first kappa shape index (κ1) is 19.4. The molecule has 0 unspecified atom stereocenters. The number of nitrogens with one attached hydrogen (secondary N) is 1. The predicted molar refractivity (Wildman–Crippen MR) is 107 cm³/mol. The minimum Gasteiger partial charge on any atom is -0.381 e. The lowest BCUT2D eigenvalue weighted by molar-refractivity contribution is 0.0698. The molecule has 4 heterocycles. The van der Waals surface area contributed by atoms with E-state index in [9.17, 15) is 9.18 Å². The third-order valence-electron chi connectivity index (χ3n) is 4.57. The molecule has 29 heavy (non-hydrogen) atoms. The molecule has 1 saturated heterocycles. The van der Waals surface area contributed by atoms with E-state index in [0.29, 0.717) is 40.2 Å². The molecule has 9 heteroatoms. The molecule has 150 valence electrons. The molecular formula is C20H19FN4O3S. The number of nitrogens with zero attached hydrogens (tertiary/aromatic N) is 3. The molecule has 3 aromatic rings. The zero-order valence-corrected chi connectivity index (χ0v) is 16.5. The van der Waals surface area contributed by atoms with Crippen LogP contribution in [0.25, 0.3) is 23.5 Å². The standard InChI is InChI=1S/C20H19FN4O3S/c1-12-15(19(25-28-12)16-4-2-13(21)10-22-16)3-5-18-23-11-17(29-18)20(26)24-14-6-8-27-9-7-14/h2-5,10-11,14H,6-9H2,1H3,(H,24,26)/b5-3+. The fourth-order valence-electron chi connectivity index (χ4n) is 3.00. The molecule has 0 aliphatic carbocycles. The fourth-order valence-corrected chi connectivity index (χ4v) is 3.72. The number of ether oxygens (including phenoxy) is 1. The monoisotopic (exact) mass is 414 g/mol. The summed E-state index contributed by atoms with van der Waals surface area (Å²) in [6.07, 6.45) is 7.96. The van der Waals surface area contributed by atoms with Gasteiger partial charge >= 0.3 is 0 Å². The fraction of sp³-hybridized carbons (Fsp3) is 0.300. The van der Waals surface area contributed by atoms with Crippen LogP contribution in [0.4, 0.5) is 4.39 Å². The minimum atomic E-state index is -0.416. The van der Waals surface area contributed by atoms with Gasteiger partial charge < -0.3 is 14.6 Å². The van der Waals surface area contributed by atoms with Gasteiger partial charge in [0.2, 0.25) is 0 Å². The van der Waals surface area contributed by atoms with E-state index in [1.165, 1.54) is 17.4 Å². The molecule has 0 spiro atoms. The van der Waals surface area contributed by atoms with Crippen molar-refractivity contribution in [1.82, 2.24) is 20.4 Å². The normalized spacial score (nSPS) is 15.1. The first-order valence-electron chi connectivity index (χ1n) is 9.21. The van der Waals surface area contributed by atoms with E-state index in [0.717, 1.165) is 24.6 Å². The van der Waals surface area contributed by atoms with Gasteiger partial charge in [0.15, 0.2) is 0 Å². The lowest BCUT2D eigenvalue weighted by Gasteiger charge is -2.22. The van der Waals surface area contributed by atoms with Gasteiger partial charge in [-0.3, -0.25) is 9.78 Å². The number of carbonyl (C=O) groups is 1. The van der Waals surface area contributed by atoms with Crippen LogP contribution < -0.4 is 5.32 Å². The first-order chi connectivity index (χ1) is 14.1. The highest BCUT2D eigenvalue weighted by Crippen LogP contribution is 2.26.